The molecule has 0 aromatic heterocycles. The maximum Gasteiger partial charge on any atom is -0.0279 e. The Hall–Kier alpha value is -1.79. The third-order valence-electron chi connectivity index (χ3n) is 4.31. The monoisotopic (exact) mass is 508 g/mol. The zero-order chi connectivity index (χ0) is 19.8. The van der Waals surface area contributed by atoms with E-state index < -0.39 is 0 Å². The van der Waals surface area contributed by atoms with Crippen LogP contribution in [-0.4, -0.2) is 3.21 Å². The summed E-state index contributed by atoms with van der Waals surface area (Å²) in [5, 5.41) is 5.31. The van der Waals surface area contributed by atoms with E-state index in [0.29, 0.717) is 0 Å². The van der Waals surface area contributed by atoms with Gasteiger partial charge in [-0.3, -0.25) is 0 Å². The topological polar surface area (TPSA) is 0 Å². The zero-order valence-corrected chi connectivity index (χ0v) is 21.1. The van der Waals surface area contributed by atoms with E-state index in [-0.39, 0.29) is 24.8 Å². The van der Waals surface area contributed by atoms with Gasteiger partial charge in [-0.05, 0) is 5.56 Å². The molecule has 5 aromatic rings. The van der Waals surface area contributed by atoms with Crippen LogP contribution in [0.4, 0.5) is 0 Å². The van der Waals surface area contributed by atoms with E-state index in [2.05, 4.69) is 123 Å². The molecule has 0 amide bonds. The van der Waals surface area contributed by atoms with Gasteiger partial charge in [0.05, 0.1) is 0 Å². The SMILES string of the molecule is C[C](C)=[Zr+2].[Cl-].[Cl-].c1ccc(-c2cccc3[cH-]ccc23)cc1.c1ccc2[cH-]ccc2c1. The van der Waals surface area contributed by atoms with Gasteiger partial charge in [-0.1, -0.05) is 48.0 Å². The van der Waals surface area contributed by atoms with E-state index in [1.165, 1.54) is 35.9 Å². The number of benzene rings is 3. The predicted octanol–water partition coefficient (Wildman–Crippen LogP) is 1.54. The third-order valence-corrected chi connectivity index (χ3v) is 4.31. The van der Waals surface area contributed by atoms with Crippen molar-refractivity contribution in [3.63, 3.8) is 0 Å². The molecular formula is C27H24Cl2Zr-2. The van der Waals surface area contributed by atoms with Crippen LogP contribution in [0, 0.1) is 0 Å². The van der Waals surface area contributed by atoms with Crippen molar-refractivity contribution in [2.75, 3.05) is 0 Å². The molecular weight excluding hydrogens is 486 g/mol. The molecule has 152 valence electrons. The molecule has 0 radical (unpaired) electrons. The van der Waals surface area contributed by atoms with Gasteiger partial charge in [-0.25, -0.2) is 0 Å². The van der Waals surface area contributed by atoms with Crippen LogP contribution in [0.3, 0.4) is 0 Å². The van der Waals surface area contributed by atoms with Crippen molar-refractivity contribution >= 4 is 24.8 Å². The van der Waals surface area contributed by atoms with Crippen LogP contribution in [0.1, 0.15) is 13.8 Å². The van der Waals surface area contributed by atoms with Crippen molar-refractivity contribution < 1.29 is 49.0 Å². The fourth-order valence-corrected chi connectivity index (χ4v) is 3.10. The Morgan fingerprint density at radius 2 is 1.20 bits per heavy atom. The molecule has 30 heavy (non-hydrogen) atoms. The first kappa shape index (κ1) is 26.2. The van der Waals surface area contributed by atoms with Crippen LogP contribution in [0.25, 0.3) is 32.7 Å². The van der Waals surface area contributed by atoms with Gasteiger partial charge < -0.3 is 24.8 Å². The van der Waals surface area contributed by atoms with Gasteiger partial charge in [0.25, 0.3) is 0 Å². The Kier molecular flexibility index (Phi) is 11.8. The van der Waals surface area contributed by atoms with Gasteiger partial charge >= 0.3 is 41.3 Å². The molecule has 5 rings (SSSR count). The normalized spacial score (nSPS) is 9.33. The molecule has 0 spiro atoms. The van der Waals surface area contributed by atoms with Gasteiger partial charge in [0, 0.05) is 0 Å². The second-order valence-corrected chi connectivity index (χ2v) is 9.31. The second kappa shape index (κ2) is 13.5. The Bertz CT molecular complexity index is 1120. The molecule has 0 fully saturated rings. The van der Waals surface area contributed by atoms with Crippen LogP contribution in [-0.2, 0) is 24.2 Å². The molecule has 0 aliphatic rings. The van der Waals surface area contributed by atoms with Gasteiger partial charge in [-0.15, -0.1) is 58.6 Å². The van der Waals surface area contributed by atoms with Crippen LogP contribution >= 0.6 is 0 Å². The number of halogens is 2. The Morgan fingerprint density at radius 1 is 0.633 bits per heavy atom. The smallest absolute Gasteiger partial charge is 0.0279 e. The minimum atomic E-state index is 0. The molecule has 0 atom stereocenters. The van der Waals surface area contributed by atoms with E-state index in [4.69, 9.17) is 0 Å². The van der Waals surface area contributed by atoms with E-state index in [1.807, 2.05) is 0 Å². The van der Waals surface area contributed by atoms with E-state index >= 15 is 0 Å². The van der Waals surface area contributed by atoms with Gasteiger partial charge in [-0.2, -0.15) is 29.7 Å². The van der Waals surface area contributed by atoms with Crippen molar-refractivity contribution in [2.45, 2.75) is 13.8 Å². The summed E-state index contributed by atoms with van der Waals surface area (Å²) in [5.74, 6) is 0. The van der Waals surface area contributed by atoms with Crippen molar-refractivity contribution in [3.05, 3.63) is 109 Å². The minimum absolute atomic E-state index is 0. The molecule has 0 heterocycles. The summed E-state index contributed by atoms with van der Waals surface area (Å²) in [7, 11) is 0. The quantitative estimate of drug-likeness (QED) is 0.300. The van der Waals surface area contributed by atoms with E-state index in [9.17, 15) is 0 Å². The van der Waals surface area contributed by atoms with Crippen LogP contribution in [0.5, 0.6) is 0 Å². The minimum Gasteiger partial charge on any atom is -1.00 e. The molecule has 0 aliphatic heterocycles. The summed E-state index contributed by atoms with van der Waals surface area (Å²) in [6.45, 7) is 4.25. The maximum absolute atomic E-state index is 2.18. The summed E-state index contributed by atoms with van der Waals surface area (Å²) in [4.78, 5) is 0. The van der Waals surface area contributed by atoms with Crippen LogP contribution in [0.2, 0.25) is 0 Å². The van der Waals surface area contributed by atoms with E-state index in [0.717, 1.165) is 0 Å². The molecule has 0 saturated heterocycles. The third kappa shape index (κ3) is 7.48. The average Bonchev–Trinajstić information content (AvgIpc) is 3.37. The molecule has 0 saturated carbocycles. The fourth-order valence-electron chi connectivity index (χ4n) is 3.10. The predicted molar refractivity (Wildman–Crippen MR) is 121 cm³/mol. The molecule has 3 heteroatoms. The van der Waals surface area contributed by atoms with E-state index in [1.54, 1.807) is 24.2 Å². The standard InChI is InChI=1S/C15H11.C9H7.C3H6.2ClH.Zr/c1-2-6-12(7-3-1)14-10-4-8-13-9-5-11-15(13)14;1-2-5-9-7-3-6-8(9)4-1;1-3-2;;;/h1-11H;1-7H;1-2H3;2*1H;/q2*-1;;;;+2/p-2. The summed E-state index contributed by atoms with van der Waals surface area (Å²) in [6.07, 6.45) is 0. The largest absolute Gasteiger partial charge is 1.00 e. The van der Waals surface area contributed by atoms with Crippen molar-refractivity contribution in [1.29, 1.82) is 0 Å². The Morgan fingerprint density at radius 3 is 1.90 bits per heavy atom. The first-order chi connectivity index (χ1) is 13.6. The maximum atomic E-state index is 2.18. The summed E-state index contributed by atoms with van der Waals surface area (Å²) >= 11 is 1.55. The molecule has 0 aliphatic carbocycles. The zero-order valence-electron chi connectivity index (χ0n) is 17.1. The average molecular weight is 511 g/mol. The summed E-state index contributed by atoms with van der Waals surface area (Å²) in [5.41, 5.74) is 2.60. The van der Waals surface area contributed by atoms with Crippen LogP contribution in [0.15, 0.2) is 109 Å². The second-order valence-electron chi connectivity index (χ2n) is 6.85. The van der Waals surface area contributed by atoms with Gasteiger partial charge in [0.2, 0.25) is 0 Å². The molecule has 0 unspecified atom stereocenters. The van der Waals surface area contributed by atoms with Gasteiger partial charge in [0.1, 0.15) is 0 Å². The first-order valence-electron chi connectivity index (χ1n) is 9.47. The Labute approximate surface area is 206 Å². The molecule has 0 nitrogen and oxygen atoms in total. The van der Waals surface area contributed by atoms with Crippen molar-refractivity contribution in [1.82, 2.24) is 0 Å². The number of rotatable bonds is 1. The fraction of sp³-hybridized carbons (Fsp3) is 0.0741. The molecule has 0 bridgehead atoms. The number of fused-ring (bicyclic) bond motifs is 2. The molecule has 0 N–H and O–H groups in total. The molecule has 5 aromatic carbocycles. The Balaban J connectivity index is 0.000000259. The van der Waals surface area contributed by atoms with Crippen LogP contribution < -0.4 is 24.8 Å². The van der Waals surface area contributed by atoms with Gasteiger partial charge in [0.15, 0.2) is 0 Å². The number of hydrogen-bond acceptors (Lipinski definition) is 0. The number of hydrogen-bond donors (Lipinski definition) is 0. The summed E-state index contributed by atoms with van der Waals surface area (Å²) < 4.78 is 1.51. The van der Waals surface area contributed by atoms with Crippen molar-refractivity contribution in [3.8, 4) is 11.1 Å². The first-order valence-corrected chi connectivity index (χ1v) is 10.7. The van der Waals surface area contributed by atoms with Crippen molar-refractivity contribution in [2.24, 2.45) is 0 Å². The summed E-state index contributed by atoms with van der Waals surface area (Å²) in [6, 6.07) is 38.1.